The largest absolute Gasteiger partial charge is 0.503 e. The standard InChI is InChI=1S/C29H36N2O5/c1-5-19-36-24-16-14-22(20-25(24)35-6-2)27-26(23(32)15-13-21-11-8-7-9-12-21)28(33)29(34)31(27)18-10-17-30(3)4/h7-9,11-16,20,27,33H,5-6,10,17-19H2,1-4H3/b15-13+. The molecule has 0 aromatic heterocycles. The second-order valence-electron chi connectivity index (χ2n) is 8.92. The van der Waals surface area contributed by atoms with Gasteiger partial charge in [-0.3, -0.25) is 9.59 Å². The van der Waals surface area contributed by atoms with E-state index in [-0.39, 0.29) is 5.57 Å². The molecule has 7 nitrogen and oxygen atoms in total. The van der Waals surface area contributed by atoms with Gasteiger partial charge in [-0.15, -0.1) is 0 Å². The highest BCUT2D eigenvalue weighted by molar-refractivity contribution is 6.14. The number of benzene rings is 2. The summed E-state index contributed by atoms with van der Waals surface area (Å²) in [5, 5.41) is 10.8. The van der Waals surface area contributed by atoms with Crippen LogP contribution >= 0.6 is 0 Å². The Kier molecular flexibility index (Phi) is 9.70. The molecule has 0 saturated heterocycles. The van der Waals surface area contributed by atoms with Gasteiger partial charge in [-0.2, -0.15) is 0 Å². The predicted octanol–water partition coefficient (Wildman–Crippen LogP) is 4.80. The number of hydrogen-bond donors (Lipinski definition) is 1. The monoisotopic (exact) mass is 492 g/mol. The van der Waals surface area contributed by atoms with Crippen LogP contribution in [0.5, 0.6) is 11.5 Å². The van der Waals surface area contributed by atoms with Crippen LogP contribution in [0.2, 0.25) is 0 Å². The van der Waals surface area contributed by atoms with E-state index in [0.29, 0.717) is 43.2 Å². The van der Waals surface area contributed by atoms with Crippen molar-refractivity contribution in [1.29, 1.82) is 0 Å². The van der Waals surface area contributed by atoms with Gasteiger partial charge < -0.3 is 24.4 Å². The van der Waals surface area contributed by atoms with Gasteiger partial charge in [0.2, 0.25) is 0 Å². The number of aliphatic hydroxyl groups excluding tert-OH is 1. The minimum Gasteiger partial charge on any atom is -0.503 e. The van der Waals surface area contributed by atoms with Crippen molar-refractivity contribution >= 4 is 17.8 Å². The predicted molar refractivity (Wildman–Crippen MR) is 141 cm³/mol. The Hall–Kier alpha value is -3.58. The zero-order valence-electron chi connectivity index (χ0n) is 21.6. The third-order valence-corrected chi connectivity index (χ3v) is 5.85. The van der Waals surface area contributed by atoms with Crippen LogP contribution < -0.4 is 9.47 Å². The first kappa shape index (κ1) is 27.0. The zero-order chi connectivity index (χ0) is 26.1. The Labute approximate surface area is 213 Å². The minimum absolute atomic E-state index is 0.0710. The van der Waals surface area contributed by atoms with Crippen LogP contribution in [-0.4, -0.2) is 67.0 Å². The Morgan fingerprint density at radius 3 is 2.50 bits per heavy atom. The summed E-state index contributed by atoms with van der Waals surface area (Å²) in [5.41, 5.74) is 1.61. The van der Waals surface area contributed by atoms with Crippen molar-refractivity contribution in [3.05, 3.63) is 77.1 Å². The average molecular weight is 493 g/mol. The van der Waals surface area contributed by atoms with Crippen LogP contribution in [0.25, 0.3) is 6.08 Å². The molecule has 1 aliphatic rings. The van der Waals surface area contributed by atoms with Crippen molar-refractivity contribution in [2.75, 3.05) is 40.4 Å². The number of ether oxygens (including phenoxy) is 2. The summed E-state index contributed by atoms with van der Waals surface area (Å²) >= 11 is 0. The summed E-state index contributed by atoms with van der Waals surface area (Å²) in [7, 11) is 3.93. The highest BCUT2D eigenvalue weighted by atomic mass is 16.5. The number of amides is 1. The molecule has 7 heteroatoms. The smallest absolute Gasteiger partial charge is 0.290 e. The van der Waals surface area contributed by atoms with E-state index in [1.54, 1.807) is 23.1 Å². The Bertz CT molecular complexity index is 1110. The van der Waals surface area contributed by atoms with E-state index < -0.39 is 23.5 Å². The molecular weight excluding hydrogens is 456 g/mol. The molecule has 2 aromatic rings. The Balaban J connectivity index is 2.00. The Morgan fingerprint density at radius 1 is 1.08 bits per heavy atom. The van der Waals surface area contributed by atoms with Gasteiger partial charge in [0.25, 0.3) is 5.91 Å². The van der Waals surface area contributed by atoms with Crippen molar-refractivity contribution in [3.8, 4) is 11.5 Å². The molecule has 192 valence electrons. The van der Waals surface area contributed by atoms with E-state index in [0.717, 1.165) is 18.5 Å². The summed E-state index contributed by atoms with van der Waals surface area (Å²) < 4.78 is 11.7. The molecule has 36 heavy (non-hydrogen) atoms. The fourth-order valence-electron chi connectivity index (χ4n) is 4.16. The number of aliphatic hydroxyl groups is 1. The summed E-state index contributed by atoms with van der Waals surface area (Å²) in [6, 6.07) is 14.1. The lowest BCUT2D eigenvalue weighted by molar-refractivity contribution is -0.129. The maximum Gasteiger partial charge on any atom is 0.290 e. The molecule has 0 saturated carbocycles. The van der Waals surface area contributed by atoms with E-state index in [1.807, 2.05) is 69.2 Å². The van der Waals surface area contributed by atoms with Crippen LogP contribution in [0.1, 0.15) is 43.9 Å². The van der Waals surface area contributed by atoms with Crippen LogP contribution in [0.3, 0.4) is 0 Å². The number of carbonyl (C=O) groups is 2. The molecule has 1 aliphatic heterocycles. The number of nitrogens with zero attached hydrogens (tertiary/aromatic N) is 2. The molecule has 1 amide bonds. The maximum atomic E-state index is 13.4. The van der Waals surface area contributed by atoms with Crippen molar-refractivity contribution in [2.45, 2.75) is 32.7 Å². The normalized spacial score (nSPS) is 15.9. The maximum absolute atomic E-state index is 13.4. The Morgan fingerprint density at radius 2 is 1.83 bits per heavy atom. The number of ketones is 1. The van der Waals surface area contributed by atoms with Gasteiger partial charge in [-0.05, 0) is 69.7 Å². The average Bonchev–Trinajstić information content (AvgIpc) is 3.12. The van der Waals surface area contributed by atoms with Crippen molar-refractivity contribution < 1.29 is 24.2 Å². The van der Waals surface area contributed by atoms with E-state index >= 15 is 0 Å². The highest BCUT2D eigenvalue weighted by Crippen LogP contribution is 2.41. The topological polar surface area (TPSA) is 79.3 Å². The second-order valence-corrected chi connectivity index (χ2v) is 8.92. The molecule has 0 fully saturated rings. The fourth-order valence-corrected chi connectivity index (χ4v) is 4.16. The lowest BCUT2D eigenvalue weighted by Gasteiger charge is -2.27. The van der Waals surface area contributed by atoms with Gasteiger partial charge in [-0.1, -0.05) is 49.4 Å². The van der Waals surface area contributed by atoms with E-state index in [4.69, 9.17) is 9.47 Å². The van der Waals surface area contributed by atoms with Gasteiger partial charge in [0.15, 0.2) is 23.0 Å². The SMILES string of the molecule is CCCOc1ccc(C2C(C(=O)/C=C/c3ccccc3)=C(O)C(=O)N2CCCN(C)C)cc1OCC. The summed E-state index contributed by atoms with van der Waals surface area (Å²) in [5.74, 6) is -0.302. The molecule has 1 N–H and O–H groups in total. The number of rotatable bonds is 13. The number of hydrogen-bond acceptors (Lipinski definition) is 6. The van der Waals surface area contributed by atoms with Gasteiger partial charge in [0.1, 0.15) is 0 Å². The minimum atomic E-state index is -0.730. The second kappa shape index (κ2) is 12.9. The molecule has 1 heterocycles. The lowest BCUT2D eigenvalue weighted by atomic mass is 9.95. The molecule has 2 aromatic carbocycles. The van der Waals surface area contributed by atoms with Gasteiger partial charge in [-0.25, -0.2) is 0 Å². The first-order valence-corrected chi connectivity index (χ1v) is 12.4. The van der Waals surface area contributed by atoms with Gasteiger partial charge >= 0.3 is 0 Å². The third-order valence-electron chi connectivity index (χ3n) is 5.85. The van der Waals surface area contributed by atoms with Gasteiger partial charge in [0.05, 0.1) is 24.8 Å². The molecule has 1 atom stereocenters. The van der Waals surface area contributed by atoms with E-state index in [2.05, 4.69) is 0 Å². The van der Waals surface area contributed by atoms with E-state index in [1.165, 1.54) is 6.08 Å². The molecule has 0 radical (unpaired) electrons. The van der Waals surface area contributed by atoms with Crippen molar-refractivity contribution in [3.63, 3.8) is 0 Å². The summed E-state index contributed by atoms with van der Waals surface area (Å²) in [6.45, 7) is 6.06. The summed E-state index contributed by atoms with van der Waals surface area (Å²) in [6.07, 6.45) is 4.64. The third kappa shape index (κ3) is 6.55. The molecule has 0 bridgehead atoms. The van der Waals surface area contributed by atoms with Crippen LogP contribution in [-0.2, 0) is 9.59 Å². The lowest BCUT2D eigenvalue weighted by Crippen LogP contribution is -2.33. The highest BCUT2D eigenvalue weighted by Gasteiger charge is 2.42. The molecule has 3 rings (SSSR count). The van der Waals surface area contributed by atoms with Crippen molar-refractivity contribution in [2.24, 2.45) is 0 Å². The molecule has 0 spiro atoms. The molecular formula is C29H36N2O5. The summed E-state index contributed by atoms with van der Waals surface area (Å²) in [4.78, 5) is 30.1. The first-order valence-electron chi connectivity index (χ1n) is 12.4. The van der Waals surface area contributed by atoms with E-state index in [9.17, 15) is 14.7 Å². The quantitative estimate of drug-likeness (QED) is 0.405. The van der Waals surface area contributed by atoms with Crippen molar-refractivity contribution in [1.82, 2.24) is 9.80 Å². The van der Waals surface area contributed by atoms with Crippen LogP contribution in [0, 0.1) is 0 Å². The van der Waals surface area contributed by atoms with Gasteiger partial charge in [0, 0.05) is 6.54 Å². The number of allylic oxidation sites excluding steroid dienone is 1. The molecule has 1 unspecified atom stereocenters. The fraction of sp³-hybridized carbons (Fsp3) is 0.379. The number of carbonyl (C=O) groups excluding carboxylic acids is 2. The first-order chi connectivity index (χ1) is 17.4. The zero-order valence-corrected chi connectivity index (χ0v) is 21.6. The van der Waals surface area contributed by atoms with Crippen LogP contribution in [0.4, 0.5) is 0 Å². The molecule has 0 aliphatic carbocycles. The van der Waals surface area contributed by atoms with Crippen LogP contribution in [0.15, 0.2) is 65.9 Å².